The molecule has 1 atom stereocenters. The van der Waals surface area contributed by atoms with Gasteiger partial charge in [-0.05, 0) is 38.3 Å². The summed E-state index contributed by atoms with van der Waals surface area (Å²) in [5, 5.41) is 3.19. The van der Waals surface area contributed by atoms with E-state index in [0.29, 0.717) is 18.9 Å². The smallest absolute Gasteiger partial charge is 0.316 e. The van der Waals surface area contributed by atoms with E-state index >= 15 is 0 Å². The molecule has 0 heterocycles. The van der Waals surface area contributed by atoms with Crippen LogP contribution >= 0.6 is 0 Å². The predicted octanol–water partition coefficient (Wildman–Crippen LogP) is 3.74. The highest BCUT2D eigenvalue weighted by Gasteiger charge is 2.25. The third kappa shape index (κ3) is 11.7. The molecule has 0 aromatic rings. The molecule has 0 amide bonds. The first-order chi connectivity index (χ1) is 6.95. The van der Waals surface area contributed by atoms with Crippen LogP contribution in [0, 0.1) is 5.92 Å². The van der Waals surface area contributed by atoms with Crippen molar-refractivity contribution in [2.24, 2.45) is 5.92 Å². The van der Waals surface area contributed by atoms with Crippen molar-refractivity contribution in [2.75, 3.05) is 13.1 Å². The Kier molecular flexibility index (Phi) is 7.83. The van der Waals surface area contributed by atoms with Crippen molar-refractivity contribution in [3.05, 3.63) is 0 Å². The van der Waals surface area contributed by atoms with Gasteiger partial charge in [0.05, 0.1) is 0 Å². The largest absolute Gasteiger partial charge is 0.389 e. The first kappa shape index (κ1) is 14.8. The van der Waals surface area contributed by atoms with Crippen molar-refractivity contribution in [2.45, 2.75) is 52.1 Å². The maximum absolute atomic E-state index is 11.8. The highest BCUT2D eigenvalue weighted by Crippen LogP contribution is 2.21. The quantitative estimate of drug-likeness (QED) is 0.620. The Morgan fingerprint density at radius 1 is 1.20 bits per heavy atom. The molecule has 4 heteroatoms. The summed E-state index contributed by atoms with van der Waals surface area (Å²) in [6, 6.07) is 0. The maximum Gasteiger partial charge on any atom is 0.389 e. The van der Waals surface area contributed by atoms with Gasteiger partial charge >= 0.3 is 6.18 Å². The van der Waals surface area contributed by atoms with Crippen LogP contribution in [0.25, 0.3) is 0 Å². The van der Waals surface area contributed by atoms with Crippen LogP contribution in [0.3, 0.4) is 0 Å². The summed E-state index contributed by atoms with van der Waals surface area (Å²) in [5.41, 5.74) is 0. The summed E-state index contributed by atoms with van der Waals surface area (Å²) in [7, 11) is 0. The zero-order valence-electron chi connectivity index (χ0n) is 9.66. The van der Waals surface area contributed by atoms with Gasteiger partial charge in [-0.3, -0.25) is 0 Å². The van der Waals surface area contributed by atoms with Crippen LogP contribution in [0.5, 0.6) is 0 Å². The minimum absolute atomic E-state index is 0.235. The molecule has 0 aliphatic carbocycles. The van der Waals surface area contributed by atoms with E-state index in [4.69, 9.17) is 0 Å². The highest BCUT2D eigenvalue weighted by molar-refractivity contribution is 4.57. The average molecular weight is 225 g/mol. The van der Waals surface area contributed by atoms with Gasteiger partial charge in [0.1, 0.15) is 0 Å². The SMILES string of the molecule is CCCC(C)CNCCCCC(F)(F)F. The van der Waals surface area contributed by atoms with E-state index in [1.807, 2.05) is 0 Å². The van der Waals surface area contributed by atoms with E-state index in [9.17, 15) is 13.2 Å². The van der Waals surface area contributed by atoms with E-state index in [1.165, 1.54) is 6.42 Å². The number of hydrogen-bond donors (Lipinski definition) is 1. The number of unbranched alkanes of at least 4 members (excludes halogenated alkanes) is 1. The van der Waals surface area contributed by atoms with Crippen LogP contribution < -0.4 is 5.32 Å². The normalized spacial score (nSPS) is 14.2. The third-order valence-electron chi connectivity index (χ3n) is 2.34. The topological polar surface area (TPSA) is 12.0 Å². The Morgan fingerprint density at radius 2 is 1.87 bits per heavy atom. The van der Waals surface area contributed by atoms with E-state index in [0.717, 1.165) is 13.0 Å². The maximum atomic E-state index is 11.8. The molecule has 1 N–H and O–H groups in total. The Morgan fingerprint density at radius 3 is 2.40 bits per heavy atom. The van der Waals surface area contributed by atoms with Crippen molar-refractivity contribution in [1.82, 2.24) is 5.32 Å². The molecule has 0 aliphatic heterocycles. The van der Waals surface area contributed by atoms with Gasteiger partial charge in [0.15, 0.2) is 0 Å². The molecule has 15 heavy (non-hydrogen) atoms. The van der Waals surface area contributed by atoms with E-state index in [-0.39, 0.29) is 6.42 Å². The van der Waals surface area contributed by atoms with Gasteiger partial charge < -0.3 is 5.32 Å². The molecule has 0 saturated heterocycles. The Labute approximate surface area is 90.4 Å². The highest BCUT2D eigenvalue weighted by atomic mass is 19.4. The molecule has 0 saturated carbocycles. The lowest BCUT2D eigenvalue weighted by Crippen LogP contribution is -2.22. The van der Waals surface area contributed by atoms with Crippen molar-refractivity contribution in [1.29, 1.82) is 0 Å². The molecule has 0 spiro atoms. The summed E-state index contributed by atoms with van der Waals surface area (Å²) >= 11 is 0. The number of nitrogens with one attached hydrogen (secondary N) is 1. The van der Waals surface area contributed by atoms with Crippen LogP contribution in [0.1, 0.15) is 46.0 Å². The summed E-state index contributed by atoms with van der Waals surface area (Å²) < 4.78 is 35.3. The molecule has 0 aliphatic rings. The fourth-order valence-corrected chi connectivity index (χ4v) is 1.52. The lowest BCUT2D eigenvalue weighted by Gasteiger charge is -2.11. The van der Waals surface area contributed by atoms with E-state index in [1.54, 1.807) is 0 Å². The minimum atomic E-state index is -3.99. The van der Waals surface area contributed by atoms with E-state index in [2.05, 4.69) is 19.2 Å². The van der Waals surface area contributed by atoms with Crippen LogP contribution in [-0.4, -0.2) is 19.3 Å². The summed E-state index contributed by atoms with van der Waals surface area (Å²) in [6.45, 7) is 5.91. The Bertz CT molecular complexity index is 145. The van der Waals surface area contributed by atoms with Crippen LogP contribution in [0.4, 0.5) is 13.2 Å². The minimum Gasteiger partial charge on any atom is -0.316 e. The molecule has 0 radical (unpaired) electrons. The number of halogens is 3. The lowest BCUT2D eigenvalue weighted by atomic mass is 10.1. The molecular formula is C11H22F3N. The van der Waals surface area contributed by atoms with Crippen LogP contribution in [0.15, 0.2) is 0 Å². The van der Waals surface area contributed by atoms with E-state index < -0.39 is 12.6 Å². The van der Waals surface area contributed by atoms with Crippen LogP contribution in [-0.2, 0) is 0 Å². The Hall–Kier alpha value is -0.250. The zero-order valence-corrected chi connectivity index (χ0v) is 9.66. The molecule has 0 rings (SSSR count). The van der Waals surface area contributed by atoms with Gasteiger partial charge in [0, 0.05) is 6.42 Å². The third-order valence-corrected chi connectivity index (χ3v) is 2.34. The molecule has 0 aromatic heterocycles. The molecule has 1 unspecified atom stereocenters. The monoisotopic (exact) mass is 225 g/mol. The fourth-order valence-electron chi connectivity index (χ4n) is 1.52. The second kappa shape index (κ2) is 7.97. The lowest BCUT2D eigenvalue weighted by molar-refractivity contribution is -0.135. The van der Waals surface area contributed by atoms with Gasteiger partial charge in [-0.2, -0.15) is 13.2 Å². The zero-order chi connectivity index (χ0) is 11.7. The molecule has 92 valence electrons. The predicted molar refractivity (Wildman–Crippen MR) is 56.8 cm³/mol. The van der Waals surface area contributed by atoms with Crippen molar-refractivity contribution < 1.29 is 13.2 Å². The fraction of sp³-hybridized carbons (Fsp3) is 1.00. The van der Waals surface area contributed by atoms with Crippen molar-refractivity contribution >= 4 is 0 Å². The number of rotatable bonds is 8. The summed E-state index contributed by atoms with van der Waals surface area (Å²) in [6.07, 6.45) is -1.46. The first-order valence-electron chi connectivity index (χ1n) is 5.73. The van der Waals surface area contributed by atoms with Crippen molar-refractivity contribution in [3.63, 3.8) is 0 Å². The van der Waals surface area contributed by atoms with Crippen molar-refractivity contribution in [3.8, 4) is 0 Å². The number of hydrogen-bond acceptors (Lipinski definition) is 1. The van der Waals surface area contributed by atoms with Gasteiger partial charge in [0.25, 0.3) is 0 Å². The van der Waals surface area contributed by atoms with Gasteiger partial charge in [-0.15, -0.1) is 0 Å². The molecule has 0 aromatic carbocycles. The van der Waals surface area contributed by atoms with Gasteiger partial charge in [-0.1, -0.05) is 20.3 Å². The standard InChI is InChI=1S/C11H22F3N/c1-3-6-10(2)9-15-8-5-4-7-11(12,13)14/h10,15H,3-9H2,1-2H3. The van der Waals surface area contributed by atoms with Gasteiger partial charge in [0.2, 0.25) is 0 Å². The van der Waals surface area contributed by atoms with Crippen LogP contribution in [0.2, 0.25) is 0 Å². The Balaban J connectivity index is 3.18. The molecule has 0 fully saturated rings. The molecule has 0 bridgehead atoms. The summed E-state index contributed by atoms with van der Waals surface area (Å²) in [4.78, 5) is 0. The molecular weight excluding hydrogens is 203 g/mol. The molecule has 1 nitrogen and oxygen atoms in total. The van der Waals surface area contributed by atoms with Gasteiger partial charge in [-0.25, -0.2) is 0 Å². The average Bonchev–Trinajstić information content (AvgIpc) is 2.09. The second-order valence-electron chi connectivity index (χ2n) is 4.17. The number of alkyl halides is 3. The summed E-state index contributed by atoms with van der Waals surface area (Å²) in [5.74, 6) is 0.623. The second-order valence-corrected chi connectivity index (χ2v) is 4.17. The first-order valence-corrected chi connectivity index (χ1v) is 5.73.